The highest BCUT2D eigenvalue weighted by Gasteiger charge is 2.33. The lowest BCUT2D eigenvalue weighted by molar-refractivity contribution is -0.131. The third-order valence-electron chi connectivity index (χ3n) is 7.34. The van der Waals surface area contributed by atoms with E-state index in [2.05, 4.69) is 23.3 Å². The van der Waals surface area contributed by atoms with Crippen LogP contribution >= 0.6 is 12.6 Å². The van der Waals surface area contributed by atoms with Crippen LogP contribution in [0.15, 0.2) is 42.5 Å². The molecule has 0 aromatic heterocycles. The fraction of sp³-hybridized carbons (Fsp3) is 0.483. The Hall–Kier alpha value is -3.35. The summed E-state index contributed by atoms with van der Waals surface area (Å²) in [4.78, 5) is 41.7. The molecule has 0 spiro atoms. The van der Waals surface area contributed by atoms with Crippen LogP contribution in [-0.2, 0) is 20.7 Å². The number of anilines is 3. The van der Waals surface area contributed by atoms with Gasteiger partial charge in [-0.25, -0.2) is 9.18 Å². The molecule has 222 valence electrons. The van der Waals surface area contributed by atoms with E-state index in [1.807, 2.05) is 41.0 Å². The molecule has 1 unspecified atom stereocenters. The molecule has 0 saturated carbocycles. The lowest BCUT2D eigenvalue weighted by Crippen LogP contribution is -2.49. The lowest BCUT2D eigenvalue weighted by Gasteiger charge is -2.36. The van der Waals surface area contributed by atoms with Gasteiger partial charge in [0.1, 0.15) is 11.9 Å². The van der Waals surface area contributed by atoms with Crippen molar-refractivity contribution in [1.82, 2.24) is 10.2 Å². The third kappa shape index (κ3) is 8.34. The standard InChI is InChI=1S/C29H39FN6O4S/c1-2-27(41)32-18-23-19-36(29(39)40-23)22-10-11-25(24(30)16-22)34-12-14-35(15-13-34)28(38)5-3-4-20-6-8-21(9-7-20)33-26(37)17-31/h6-11,16,23,27,32,41H,2-5,12-15,17-19,31H2,1H3,(H,33,37)/t23-,27?/m1/s1. The first-order chi connectivity index (χ1) is 19.8. The number of carbonyl (C=O) groups is 3. The second-order valence-electron chi connectivity index (χ2n) is 10.3. The van der Waals surface area contributed by atoms with Crippen molar-refractivity contribution in [2.75, 3.05) is 60.9 Å². The van der Waals surface area contributed by atoms with Crippen LogP contribution < -0.4 is 26.2 Å². The minimum atomic E-state index is -0.490. The van der Waals surface area contributed by atoms with Crippen LogP contribution in [0.3, 0.4) is 0 Å². The molecule has 0 bridgehead atoms. The quantitative estimate of drug-likeness (QED) is 0.223. The Balaban J connectivity index is 1.21. The second-order valence-corrected chi connectivity index (χ2v) is 10.9. The average Bonchev–Trinajstić information content (AvgIpc) is 3.36. The second kappa shape index (κ2) is 14.5. The number of rotatable bonds is 12. The molecule has 2 aromatic rings. The molecule has 10 nitrogen and oxygen atoms in total. The first-order valence-electron chi connectivity index (χ1n) is 14.1. The van der Waals surface area contributed by atoms with Gasteiger partial charge >= 0.3 is 6.09 Å². The molecule has 4 N–H and O–H groups in total. The summed E-state index contributed by atoms with van der Waals surface area (Å²) in [5.41, 5.74) is 8.01. The van der Waals surface area contributed by atoms with Crippen molar-refractivity contribution >= 4 is 47.6 Å². The van der Waals surface area contributed by atoms with E-state index >= 15 is 4.39 Å². The maximum Gasteiger partial charge on any atom is 0.414 e. The smallest absolute Gasteiger partial charge is 0.414 e. The normalized spacial score (nSPS) is 17.9. The minimum Gasteiger partial charge on any atom is -0.443 e. The zero-order valence-electron chi connectivity index (χ0n) is 23.4. The van der Waals surface area contributed by atoms with Crippen LogP contribution in [0.1, 0.15) is 31.7 Å². The highest BCUT2D eigenvalue weighted by Crippen LogP contribution is 2.28. The Morgan fingerprint density at radius 1 is 1.15 bits per heavy atom. The van der Waals surface area contributed by atoms with Gasteiger partial charge in [0.15, 0.2) is 0 Å². The first kappa shape index (κ1) is 30.6. The van der Waals surface area contributed by atoms with Crippen molar-refractivity contribution < 1.29 is 23.5 Å². The van der Waals surface area contributed by atoms with Crippen molar-refractivity contribution in [1.29, 1.82) is 0 Å². The molecular formula is C29H39FN6O4S. The van der Waals surface area contributed by atoms with E-state index in [0.29, 0.717) is 69.2 Å². The molecule has 2 aliphatic rings. The molecule has 2 aliphatic heterocycles. The molecule has 2 heterocycles. The number of halogens is 1. The molecule has 0 radical (unpaired) electrons. The number of carbonyl (C=O) groups excluding carboxylic acids is 3. The van der Waals surface area contributed by atoms with E-state index in [0.717, 1.165) is 18.4 Å². The van der Waals surface area contributed by atoms with E-state index < -0.39 is 11.9 Å². The van der Waals surface area contributed by atoms with Gasteiger partial charge in [-0.2, -0.15) is 12.6 Å². The molecule has 12 heteroatoms. The maximum atomic E-state index is 15.2. The van der Waals surface area contributed by atoms with Crippen LogP contribution in [0, 0.1) is 5.82 Å². The average molecular weight is 587 g/mol. The lowest BCUT2D eigenvalue weighted by atomic mass is 10.1. The fourth-order valence-corrected chi connectivity index (χ4v) is 5.04. The van der Waals surface area contributed by atoms with Gasteiger partial charge in [0.2, 0.25) is 11.8 Å². The van der Waals surface area contributed by atoms with E-state index in [1.165, 1.54) is 11.0 Å². The van der Waals surface area contributed by atoms with Crippen molar-refractivity contribution in [2.45, 2.75) is 44.1 Å². The van der Waals surface area contributed by atoms with Crippen molar-refractivity contribution in [3.05, 3.63) is 53.8 Å². The number of piperazine rings is 1. The number of thiol groups is 1. The van der Waals surface area contributed by atoms with Gasteiger partial charge in [0.05, 0.1) is 29.8 Å². The Bertz CT molecular complexity index is 1210. The number of benzene rings is 2. The number of ether oxygens (including phenoxy) is 1. The summed E-state index contributed by atoms with van der Waals surface area (Å²) in [5.74, 6) is -0.563. The predicted octanol–water partition coefficient (Wildman–Crippen LogP) is 2.98. The summed E-state index contributed by atoms with van der Waals surface area (Å²) in [6.45, 7) is 4.87. The third-order valence-corrected chi connectivity index (χ3v) is 7.88. The molecule has 4 rings (SSSR count). The van der Waals surface area contributed by atoms with Gasteiger partial charge in [-0.1, -0.05) is 19.1 Å². The Morgan fingerprint density at radius 2 is 1.88 bits per heavy atom. The topological polar surface area (TPSA) is 120 Å². The molecule has 2 aromatic carbocycles. The van der Waals surface area contributed by atoms with Gasteiger partial charge in [-0.3, -0.25) is 14.5 Å². The van der Waals surface area contributed by atoms with Crippen LogP contribution in [0.2, 0.25) is 0 Å². The summed E-state index contributed by atoms with van der Waals surface area (Å²) < 4.78 is 20.6. The van der Waals surface area contributed by atoms with E-state index in [1.54, 1.807) is 12.1 Å². The van der Waals surface area contributed by atoms with Crippen molar-refractivity contribution in [2.24, 2.45) is 5.73 Å². The number of nitrogens with two attached hydrogens (primary N) is 1. The highest BCUT2D eigenvalue weighted by atomic mass is 32.1. The van der Waals surface area contributed by atoms with Gasteiger partial charge in [0, 0.05) is 44.8 Å². The number of nitrogens with zero attached hydrogens (tertiary/aromatic N) is 3. The van der Waals surface area contributed by atoms with E-state index in [-0.39, 0.29) is 29.8 Å². The van der Waals surface area contributed by atoms with E-state index in [9.17, 15) is 14.4 Å². The number of nitrogens with one attached hydrogen (secondary N) is 2. The number of hydrogen-bond donors (Lipinski definition) is 4. The highest BCUT2D eigenvalue weighted by molar-refractivity contribution is 7.80. The number of aryl methyl sites for hydroxylation is 1. The van der Waals surface area contributed by atoms with E-state index in [4.69, 9.17) is 10.5 Å². The zero-order chi connectivity index (χ0) is 29.4. The maximum absolute atomic E-state index is 15.2. The molecule has 41 heavy (non-hydrogen) atoms. The van der Waals surface area contributed by atoms with Crippen LogP contribution in [0.4, 0.5) is 26.2 Å². The summed E-state index contributed by atoms with van der Waals surface area (Å²) >= 11 is 4.40. The SMILES string of the molecule is CCC(S)NC[C@@H]1CN(c2ccc(N3CCN(C(=O)CCCc4ccc(NC(=O)CN)cc4)CC3)c(F)c2)C(=O)O1. The van der Waals surface area contributed by atoms with Crippen LogP contribution in [0.25, 0.3) is 0 Å². The molecule has 3 amide bonds. The van der Waals surface area contributed by atoms with Gasteiger partial charge in [-0.05, 0) is 55.2 Å². The number of amides is 3. The van der Waals surface area contributed by atoms with Crippen LogP contribution in [0.5, 0.6) is 0 Å². The summed E-state index contributed by atoms with van der Waals surface area (Å²) in [6, 6.07) is 12.3. The van der Waals surface area contributed by atoms with Crippen LogP contribution in [-0.4, -0.2) is 80.1 Å². The summed E-state index contributed by atoms with van der Waals surface area (Å²) in [5, 5.41) is 5.94. The van der Waals surface area contributed by atoms with Gasteiger partial charge in [0.25, 0.3) is 0 Å². The minimum absolute atomic E-state index is 0.0259. The largest absolute Gasteiger partial charge is 0.443 e. The predicted molar refractivity (Wildman–Crippen MR) is 161 cm³/mol. The molecule has 0 aliphatic carbocycles. The zero-order valence-corrected chi connectivity index (χ0v) is 24.2. The summed E-state index contributed by atoms with van der Waals surface area (Å²) in [6.07, 6.45) is 1.93. The molecule has 2 atom stereocenters. The van der Waals surface area contributed by atoms with Gasteiger partial charge < -0.3 is 30.9 Å². The number of cyclic esters (lactones) is 1. The monoisotopic (exact) mass is 586 g/mol. The van der Waals surface area contributed by atoms with Crippen molar-refractivity contribution in [3.8, 4) is 0 Å². The first-order valence-corrected chi connectivity index (χ1v) is 14.6. The molecular weight excluding hydrogens is 547 g/mol. The Labute approximate surface area is 245 Å². The van der Waals surface area contributed by atoms with Crippen molar-refractivity contribution in [3.63, 3.8) is 0 Å². The fourth-order valence-electron chi connectivity index (χ4n) is 4.94. The molecule has 2 saturated heterocycles. The Morgan fingerprint density at radius 3 is 2.54 bits per heavy atom. The number of hydrogen-bond acceptors (Lipinski definition) is 8. The van der Waals surface area contributed by atoms with Gasteiger partial charge in [-0.15, -0.1) is 0 Å². The summed E-state index contributed by atoms with van der Waals surface area (Å²) in [7, 11) is 0. The Kier molecular flexibility index (Phi) is 10.8. The molecule has 2 fully saturated rings.